The quantitative estimate of drug-likeness (QED) is 0.379. The lowest BCUT2D eigenvalue weighted by molar-refractivity contribution is 0.393. The van der Waals surface area contributed by atoms with E-state index in [2.05, 4.69) is 14.9 Å². The van der Waals surface area contributed by atoms with Crippen LogP contribution in [-0.2, 0) is 0 Å². The summed E-state index contributed by atoms with van der Waals surface area (Å²) in [7, 11) is 0. The van der Waals surface area contributed by atoms with E-state index in [0.29, 0.717) is 0 Å². The first-order valence-corrected chi connectivity index (χ1v) is 1.21. The van der Waals surface area contributed by atoms with Crippen LogP contribution < -0.4 is 0 Å². The Kier molecular flexibility index (Phi) is 2.31. The van der Waals surface area contributed by atoms with Gasteiger partial charge >= 0.3 is 0 Å². The van der Waals surface area contributed by atoms with Crippen molar-refractivity contribution in [1.29, 1.82) is 0 Å². The maximum atomic E-state index is 4.22. The summed E-state index contributed by atoms with van der Waals surface area (Å²) in [6, 6.07) is 0. The fraction of sp³-hybridized carbons (Fsp3) is 0. The van der Waals surface area contributed by atoms with E-state index >= 15 is 0 Å². The third-order valence-corrected chi connectivity index (χ3v) is 0.283. The van der Waals surface area contributed by atoms with Crippen LogP contribution in [0, 0.1) is 0 Å². The average molecular weight is 102 g/mol. The van der Waals surface area contributed by atoms with E-state index in [-0.39, 0.29) is 11.0 Å². The van der Waals surface area contributed by atoms with Crippen molar-refractivity contribution in [2.75, 3.05) is 0 Å². The highest BCUT2D eigenvalue weighted by Gasteiger charge is 1.61. The van der Waals surface area contributed by atoms with E-state index in [9.17, 15) is 0 Å². The minimum Gasteiger partial charge on any atom is -0.346 e. The second-order valence-corrected chi connectivity index (χ2v) is 0.588. The Morgan fingerprint density at radius 2 is 2.33 bits per heavy atom. The van der Waals surface area contributed by atoms with Crippen LogP contribution in [0.25, 0.3) is 0 Å². The molecule has 0 saturated heterocycles. The Bertz CT molecular complexity index is 68.0. The van der Waals surface area contributed by atoms with Crippen molar-refractivity contribution in [3.05, 3.63) is 12.5 Å². The van der Waals surface area contributed by atoms with Crippen molar-refractivity contribution in [3.63, 3.8) is 0 Å². The molecule has 4 heteroatoms. The van der Waals surface area contributed by atoms with E-state index in [1.807, 2.05) is 0 Å². The maximum absolute atomic E-state index is 4.22. The van der Waals surface area contributed by atoms with Gasteiger partial charge in [-0.1, -0.05) is 0 Å². The van der Waals surface area contributed by atoms with Crippen molar-refractivity contribution in [2.45, 2.75) is 0 Å². The summed E-state index contributed by atoms with van der Waals surface area (Å²) in [5.41, 5.74) is 0. The summed E-state index contributed by atoms with van der Waals surface area (Å²) in [6.07, 6.45) is 2.88. The fourth-order valence-electron chi connectivity index (χ4n) is 0.136. The fourth-order valence-corrected chi connectivity index (χ4v) is 0.136. The summed E-state index contributed by atoms with van der Waals surface area (Å²) in [5.74, 6) is 0. The number of rotatable bonds is 0. The van der Waals surface area contributed by atoms with Crippen LogP contribution in [0.5, 0.6) is 0 Å². The smallest absolute Gasteiger partial charge is 0.144 e. The van der Waals surface area contributed by atoms with E-state index < -0.39 is 0 Å². The minimum atomic E-state index is 0. The Hall–Kier alpha value is -0.643. The monoisotopic (exact) mass is 102 g/mol. The molecule has 1 aromatic rings. The molecule has 0 aliphatic rings. The number of hydrogen-bond donors (Lipinski definition) is 0. The van der Waals surface area contributed by atoms with E-state index in [1.165, 1.54) is 12.5 Å². The van der Waals surface area contributed by atoms with Crippen molar-refractivity contribution in [2.24, 2.45) is 0 Å². The molecule has 0 saturated carbocycles. The average Bonchev–Trinajstić information content (AvgIpc) is 1.76. The molecule has 6 heavy (non-hydrogen) atoms. The van der Waals surface area contributed by atoms with Crippen LogP contribution in [0.4, 0.5) is 0 Å². The largest absolute Gasteiger partial charge is 0.346 e. The van der Waals surface area contributed by atoms with Gasteiger partial charge in [-0.25, -0.2) is 0 Å². The van der Waals surface area contributed by atoms with Crippen LogP contribution >= 0.6 is 0 Å². The molecule has 0 amide bonds. The van der Waals surface area contributed by atoms with Gasteiger partial charge in [0.1, 0.15) is 6.26 Å². The molecule has 1 rings (SSSR count). The lowest BCUT2D eigenvalue weighted by atomic mass is 11.0. The summed E-state index contributed by atoms with van der Waals surface area (Å²) in [6.45, 7) is 0. The lowest BCUT2D eigenvalue weighted by Gasteiger charge is -1.45. The van der Waals surface area contributed by atoms with Gasteiger partial charge in [0, 0.05) is 5.27 Å². The van der Waals surface area contributed by atoms with Gasteiger partial charge in [0.2, 0.25) is 0 Å². The van der Waals surface area contributed by atoms with Crippen molar-refractivity contribution in [1.82, 2.24) is 10.4 Å². The molecule has 1 aromatic heterocycles. The lowest BCUT2D eigenvalue weighted by Crippen LogP contribution is -1.53. The standard InChI is InChI=1S/C2H2N2O.H4Si/c1-2-5-4-3-1;/h1-2H;1H4. The van der Waals surface area contributed by atoms with Gasteiger partial charge in [0.25, 0.3) is 0 Å². The van der Waals surface area contributed by atoms with Crippen molar-refractivity contribution in [3.8, 4) is 0 Å². The first-order valence-electron chi connectivity index (χ1n) is 1.21. The maximum Gasteiger partial charge on any atom is 0.144 e. The molecule has 0 aliphatic heterocycles. The number of nitrogens with zero attached hydrogens (tertiary/aromatic N) is 2. The van der Waals surface area contributed by atoms with Gasteiger partial charge in [-0.2, -0.15) is 0 Å². The van der Waals surface area contributed by atoms with Crippen LogP contribution in [-0.4, -0.2) is 21.3 Å². The highest BCUT2D eigenvalue weighted by atomic mass is 28.1. The summed E-state index contributed by atoms with van der Waals surface area (Å²) in [5, 5.41) is 6.40. The van der Waals surface area contributed by atoms with E-state index in [4.69, 9.17) is 0 Å². The minimum absolute atomic E-state index is 0. The highest BCUT2D eigenvalue weighted by molar-refractivity contribution is 5.75. The molecule has 0 aromatic carbocycles. The number of aromatic nitrogens is 2. The first kappa shape index (κ1) is 5.36. The predicted octanol–water partition coefficient (Wildman–Crippen LogP) is -1.38. The van der Waals surface area contributed by atoms with Crippen molar-refractivity contribution < 1.29 is 4.52 Å². The molecule has 0 radical (unpaired) electrons. The zero-order chi connectivity index (χ0) is 3.54. The SMILES string of the molecule is [SiH4].c1conn1. The molecule has 0 aliphatic carbocycles. The van der Waals surface area contributed by atoms with E-state index in [1.54, 1.807) is 0 Å². The van der Waals surface area contributed by atoms with Gasteiger partial charge in [0.05, 0.1) is 6.20 Å². The van der Waals surface area contributed by atoms with Crippen LogP contribution in [0.2, 0.25) is 0 Å². The van der Waals surface area contributed by atoms with Gasteiger partial charge in [-0.3, -0.25) is 0 Å². The second kappa shape index (κ2) is 2.59. The summed E-state index contributed by atoms with van der Waals surface area (Å²) >= 11 is 0. The van der Waals surface area contributed by atoms with Crippen LogP contribution in [0.1, 0.15) is 0 Å². The molecule has 1 heterocycles. The molecule has 3 nitrogen and oxygen atoms in total. The number of hydrogen-bond acceptors (Lipinski definition) is 3. The van der Waals surface area contributed by atoms with Crippen molar-refractivity contribution >= 4 is 11.0 Å². The third kappa shape index (κ3) is 0.982. The second-order valence-electron chi connectivity index (χ2n) is 0.588. The Labute approximate surface area is 39.4 Å². The molecule has 0 unspecified atom stereocenters. The zero-order valence-corrected chi connectivity index (χ0v) is 2.46. The Morgan fingerprint density at radius 3 is 2.50 bits per heavy atom. The summed E-state index contributed by atoms with van der Waals surface area (Å²) < 4.78 is 4.22. The van der Waals surface area contributed by atoms with Gasteiger partial charge in [0.15, 0.2) is 0 Å². The van der Waals surface area contributed by atoms with Gasteiger partial charge in [-0.15, -0.1) is 5.10 Å². The Morgan fingerprint density at radius 1 is 1.50 bits per heavy atom. The molecule has 34 valence electrons. The van der Waals surface area contributed by atoms with Crippen LogP contribution in [0.3, 0.4) is 0 Å². The van der Waals surface area contributed by atoms with Gasteiger partial charge in [-0.05, 0) is 11.0 Å². The summed E-state index contributed by atoms with van der Waals surface area (Å²) in [4.78, 5) is 0. The molecule has 0 N–H and O–H groups in total. The molecular weight excluding hydrogens is 96.1 g/mol. The topological polar surface area (TPSA) is 38.9 Å². The highest BCUT2D eigenvalue weighted by Crippen LogP contribution is 1.64. The first-order chi connectivity index (χ1) is 2.50. The molecule has 0 fully saturated rings. The zero-order valence-electron chi connectivity index (χ0n) is 2.46. The van der Waals surface area contributed by atoms with Gasteiger partial charge < -0.3 is 4.52 Å². The Balaban J connectivity index is 0.000000250. The normalized spacial score (nSPS) is 6.67. The van der Waals surface area contributed by atoms with E-state index in [0.717, 1.165) is 0 Å². The van der Waals surface area contributed by atoms with Crippen LogP contribution in [0.15, 0.2) is 17.0 Å². The molecule has 0 atom stereocenters. The predicted molar refractivity (Wildman–Crippen MR) is 25.6 cm³/mol. The molecular formula is C2H6N2OSi. The molecule has 0 spiro atoms. The third-order valence-electron chi connectivity index (χ3n) is 0.283. The molecule has 0 bridgehead atoms.